The molecule has 7 rings (SSSR count). The normalized spacial score (nSPS) is 44.5. The zero-order chi connectivity index (χ0) is 22.3. The van der Waals surface area contributed by atoms with Gasteiger partial charge in [-0.25, -0.2) is 0 Å². The first kappa shape index (κ1) is 20.0. The lowest BCUT2D eigenvalue weighted by atomic mass is 9.42. The molecule has 0 aromatic heterocycles. The van der Waals surface area contributed by atoms with E-state index in [0.717, 1.165) is 18.0 Å². The topological polar surface area (TPSA) is 37.4 Å². The van der Waals surface area contributed by atoms with Gasteiger partial charge in [-0.2, -0.15) is 0 Å². The Morgan fingerprint density at radius 3 is 2.03 bits per heavy atom. The van der Waals surface area contributed by atoms with Gasteiger partial charge in [-0.05, 0) is 47.8 Å². The summed E-state index contributed by atoms with van der Waals surface area (Å²) in [5.41, 5.74) is 4.39. The Hall–Kier alpha value is -1.68. The maximum atomic E-state index is 14.1. The largest absolute Gasteiger partial charge is 0.274 e. The Balaban J connectivity index is 1.58. The van der Waals surface area contributed by atoms with Crippen LogP contribution >= 0.6 is 0 Å². The number of rotatable bonds is 2. The predicted molar refractivity (Wildman–Crippen MR) is 126 cm³/mol. The zero-order valence-corrected chi connectivity index (χ0v) is 21.0. The van der Waals surface area contributed by atoms with E-state index in [4.69, 9.17) is 0 Å². The molecule has 31 heavy (non-hydrogen) atoms. The Labute approximate surface area is 187 Å². The molecule has 1 aromatic carbocycles. The van der Waals surface area contributed by atoms with Gasteiger partial charge in [0.1, 0.15) is 0 Å². The number of para-hydroxylation sites is 1. The van der Waals surface area contributed by atoms with Crippen LogP contribution in [0.25, 0.3) is 0 Å². The van der Waals surface area contributed by atoms with Gasteiger partial charge in [-0.1, -0.05) is 76.7 Å². The highest BCUT2D eigenvalue weighted by molar-refractivity contribution is 6.78. The third-order valence-electron chi connectivity index (χ3n) is 10.5. The molecule has 1 aromatic rings. The van der Waals surface area contributed by atoms with Gasteiger partial charge in [0.05, 0.1) is 17.5 Å². The molecule has 164 valence electrons. The lowest BCUT2D eigenvalue weighted by Crippen LogP contribution is -2.54. The second kappa shape index (κ2) is 5.44. The van der Waals surface area contributed by atoms with E-state index in [-0.39, 0.29) is 34.5 Å². The minimum absolute atomic E-state index is 0.0562. The van der Waals surface area contributed by atoms with Crippen LogP contribution < -0.4 is 4.90 Å². The number of imide groups is 1. The highest BCUT2D eigenvalue weighted by Crippen LogP contribution is 2.84. The Morgan fingerprint density at radius 2 is 1.48 bits per heavy atom. The number of hydrogen-bond acceptors (Lipinski definition) is 2. The van der Waals surface area contributed by atoms with E-state index in [2.05, 4.69) is 47.3 Å². The highest BCUT2D eigenvalue weighted by Gasteiger charge is 2.82. The van der Waals surface area contributed by atoms with Crippen LogP contribution in [0, 0.1) is 39.9 Å². The first-order chi connectivity index (χ1) is 14.4. The molecule has 0 unspecified atom stereocenters. The maximum absolute atomic E-state index is 14.1. The number of fused-ring (bicyclic) bond motifs is 5. The number of allylic oxidation sites excluding steroid dienone is 2. The minimum Gasteiger partial charge on any atom is -0.274 e. The van der Waals surface area contributed by atoms with Gasteiger partial charge in [0.15, 0.2) is 0 Å². The Bertz CT molecular complexity index is 1070. The molecule has 0 N–H and O–H groups in total. The summed E-state index contributed by atoms with van der Waals surface area (Å²) in [5.74, 6) is 1.04. The molecule has 4 bridgehead atoms. The third-order valence-corrected chi connectivity index (χ3v) is 13.4. The van der Waals surface area contributed by atoms with E-state index < -0.39 is 8.07 Å². The van der Waals surface area contributed by atoms with Crippen molar-refractivity contribution in [3.05, 3.63) is 41.5 Å². The van der Waals surface area contributed by atoms with Crippen LogP contribution in [0.15, 0.2) is 41.5 Å². The monoisotopic (exact) mass is 433 g/mol. The van der Waals surface area contributed by atoms with Crippen molar-refractivity contribution in [1.29, 1.82) is 0 Å². The predicted octanol–water partition coefficient (Wildman–Crippen LogP) is 5.90. The summed E-state index contributed by atoms with van der Waals surface area (Å²) in [4.78, 5) is 29.6. The SMILES string of the molecule is CC1(C)[C@H]2CC3=C([C@H]1C2)[C@]1(C)[C@H]([Si](C)(C)C)[C@]3(C)[C@H]2C(=O)N(c3ccccc3)C(=O)[C@H]21. The zero-order valence-electron chi connectivity index (χ0n) is 20.0. The van der Waals surface area contributed by atoms with Crippen molar-refractivity contribution in [2.24, 2.45) is 39.9 Å². The van der Waals surface area contributed by atoms with E-state index >= 15 is 0 Å². The summed E-state index contributed by atoms with van der Waals surface area (Å²) in [6.07, 6.45) is 2.42. The molecule has 1 heterocycles. The molecule has 3 fully saturated rings. The molecule has 7 atom stereocenters. The summed E-state index contributed by atoms with van der Waals surface area (Å²) in [6, 6.07) is 9.61. The minimum atomic E-state index is -1.67. The lowest BCUT2D eigenvalue weighted by molar-refractivity contribution is -0.124. The van der Waals surface area contributed by atoms with Crippen LogP contribution in [-0.2, 0) is 9.59 Å². The average Bonchev–Trinajstić information content (AvgIpc) is 3.19. The van der Waals surface area contributed by atoms with E-state index in [0.29, 0.717) is 16.9 Å². The lowest BCUT2D eigenvalue weighted by Gasteiger charge is -2.61. The maximum Gasteiger partial charge on any atom is 0.238 e. The number of anilines is 1. The smallest absolute Gasteiger partial charge is 0.238 e. The second-order valence-electron chi connectivity index (χ2n) is 13.1. The van der Waals surface area contributed by atoms with Crippen molar-refractivity contribution in [3.8, 4) is 0 Å². The standard InChI is InChI=1S/C27H35NO2Si/c1-25(2)15-13-17(25)19-18(14-15)26(3)20-21(27(19,4)24(26)31(5,6)7)23(30)28(22(20)29)16-11-9-8-10-12-16/h8-12,15,17,20-21,24H,13-14H2,1-7H3/t15-,17-,20-,21+,24-,26+,27+/m1/s1. The molecule has 5 aliphatic carbocycles. The Morgan fingerprint density at radius 1 is 0.903 bits per heavy atom. The first-order valence-electron chi connectivity index (χ1n) is 12.0. The fraction of sp³-hybridized carbons (Fsp3) is 0.630. The fourth-order valence-electron chi connectivity index (χ4n) is 9.80. The molecule has 0 spiro atoms. The van der Waals surface area contributed by atoms with Gasteiger partial charge >= 0.3 is 0 Å². The van der Waals surface area contributed by atoms with E-state index in [1.807, 2.05) is 30.3 Å². The van der Waals surface area contributed by atoms with Crippen molar-refractivity contribution in [3.63, 3.8) is 0 Å². The second-order valence-corrected chi connectivity index (χ2v) is 18.4. The van der Waals surface area contributed by atoms with Crippen LogP contribution in [0.3, 0.4) is 0 Å². The van der Waals surface area contributed by atoms with Gasteiger partial charge in [-0.3, -0.25) is 14.5 Å². The number of carbonyl (C=O) groups excluding carboxylic acids is 2. The van der Waals surface area contributed by atoms with Crippen LogP contribution in [0.1, 0.15) is 40.5 Å². The molecule has 2 amide bonds. The third kappa shape index (κ3) is 1.95. The number of benzene rings is 1. The number of hydrogen-bond donors (Lipinski definition) is 0. The number of amides is 2. The molecular formula is C27H35NO2Si. The average molecular weight is 434 g/mol. The quantitative estimate of drug-likeness (QED) is 0.331. The molecule has 1 aliphatic heterocycles. The molecule has 3 nitrogen and oxygen atoms in total. The van der Waals surface area contributed by atoms with Gasteiger partial charge in [0, 0.05) is 18.9 Å². The van der Waals surface area contributed by atoms with Crippen molar-refractivity contribution in [1.82, 2.24) is 0 Å². The van der Waals surface area contributed by atoms with Crippen molar-refractivity contribution in [2.75, 3.05) is 4.90 Å². The van der Waals surface area contributed by atoms with Gasteiger partial charge in [-0.15, -0.1) is 0 Å². The highest BCUT2D eigenvalue weighted by atomic mass is 28.3. The molecule has 6 aliphatic rings. The molecule has 4 heteroatoms. The van der Waals surface area contributed by atoms with Crippen molar-refractivity contribution >= 4 is 25.6 Å². The van der Waals surface area contributed by atoms with E-state index in [1.165, 1.54) is 6.42 Å². The van der Waals surface area contributed by atoms with Crippen LogP contribution in [0.5, 0.6) is 0 Å². The Kier molecular flexibility index (Phi) is 3.50. The fourth-order valence-corrected chi connectivity index (χ4v) is 14.1. The molecule has 1 saturated heterocycles. The summed E-state index contributed by atoms with van der Waals surface area (Å²) < 4.78 is 0. The summed E-state index contributed by atoms with van der Waals surface area (Å²) in [6.45, 7) is 17.1. The summed E-state index contributed by atoms with van der Waals surface area (Å²) >= 11 is 0. The van der Waals surface area contributed by atoms with Crippen molar-refractivity contribution in [2.45, 2.75) is 65.7 Å². The van der Waals surface area contributed by atoms with Gasteiger partial charge in [0.25, 0.3) is 0 Å². The van der Waals surface area contributed by atoms with E-state index in [1.54, 1.807) is 16.0 Å². The van der Waals surface area contributed by atoms with Crippen molar-refractivity contribution < 1.29 is 9.59 Å². The molecular weight excluding hydrogens is 398 g/mol. The number of nitrogens with zero attached hydrogens (tertiary/aromatic N) is 1. The van der Waals surface area contributed by atoms with Crippen LogP contribution in [0.4, 0.5) is 5.69 Å². The van der Waals surface area contributed by atoms with Crippen LogP contribution in [-0.4, -0.2) is 19.9 Å². The summed E-state index contributed by atoms with van der Waals surface area (Å²) in [5, 5.41) is 0. The molecule has 2 saturated carbocycles. The van der Waals surface area contributed by atoms with E-state index in [9.17, 15) is 9.59 Å². The number of carbonyl (C=O) groups is 2. The summed E-state index contributed by atoms with van der Waals surface area (Å²) in [7, 11) is -1.67. The van der Waals surface area contributed by atoms with Gasteiger partial charge in [0.2, 0.25) is 11.8 Å². The molecule has 0 radical (unpaired) electrons. The van der Waals surface area contributed by atoms with Gasteiger partial charge < -0.3 is 0 Å². The van der Waals surface area contributed by atoms with Crippen LogP contribution in [0.2, 0.25) is 25.2 Å². The first-order valence-corrected chi connectivity index (χ1v) is 15.6.